The Morgan fingerprint density at radius 2 is 2.24 bits per heavy atom. The number of halogens is 1. The molecule has 0 radical (unpaired) electrons. The van der Waals surface area contributed by atoms with Gasteiger partial charge in [0.05, 0.1) is 0 Å². The van der Waals surface area contributed by atoms with E-state index in [1.807, 2.05) is 6.92 Å². The zero-order valence-corrected chi connectivity index (χ0v) is 11.6. The minimum Gasteiger partial charge on any atom is -0.199 e. The lowest BCUT2D eigenvalue weighted by Gasteiger charge is -2.08. The van der Waals surface area contributed by atoms with Crippen molar-refractivity contribution in [3.05, 3.63) is 17.0 Å². The summed E-state index contributed by atoms with van der Waals surface area (Å²) in [7, 11) is 0. The lowest BCUT2D eigenvalue weighted by Crippen LogP contribution is -2.00. The molecule has 0 atom stereocenters. The summed E-state index contributed by atoms with van der Waals surface area (Å²) in [6.45, 7) is 4.17. The Morgan fingerprint density at radius 1 is 1.41 bits per heavy atom. The maximum Gasteiger partial charge on any atom is 0.254 e. The molecule has 17 heavy (non-hydrogen) atoms. The second-order valence-electron chi connectivity index (χ2n) is 3.86. The Bertz CT molecular complexity index is 511. The van der Waals surface area contributed by atoms with E-state index in [1.54, 1.807) is 16.3 Å². The fourth-order valence-electron chi connectivity index (χ4n) is 1.56. The molecule has 0 aromatic carbocycles. The van der Waals surface area contributed by atoms with Gasteiger partial charge in [-0.05, 0) is 19.1 Å². The molecule has 0 amide bonds. The molecule has 4 nitrogen and oxygen atoms in total. The molecule has 0 bridgehead atoms. The summed E-state index contributed by atoms with van der Waals surface area (Å²) in [5.74, 6) is 1.64. The summed E-state index contributed by atoms with van der Waals surface area (Å²) in [6.07, 6.45) is 5.20. The van der Waals surface area contributed by atoms with Gasteiger partial charge in [0.15, 0.2) is 0 Å². The predicted octanol–water partition coefficient (Wildman–Crippen LogP) is 3.37. The predicted molar refractivity (Wildman–Crippen MR) is 70.8 cm³/mol. The molecule has 0 aliphatic carbocycles. The van der Waals surface area contributed by atoms with Crippen molar-refractivity contribution in [2.75, 3.05) is 5.75 Å². The third-order valence-electron chi connectivity index (χ3n) is 2.54. The van der Waals surface area contributed by atoms with Gasteiger partial charge in [-0.3, -0.25) is 0 Å². The highest BCUT2D eigenvalue weighted by molar-refractivity contribution is 7.99. The number of hydrogen-bond acceptors (Lipinski definition) is 4. The summed E-state index contributed by atoms with van der Waals surface area (Å²) in [6, 6.07) is 0. The number of rotatable bonds is 5. The molecular formula is C11H15ClN4S. The molecular weight excluding hydrogens is 256 g/mol. The Hall–Kier alpha value is -0.810. The molecule has 0 unspecified atom stereocenters. The van der Waals surface area contributed by atoms with Crippen LogP contribution in [-0.2, 0) is 0 Å². The minimum absolute atomic E-state index is 0.517. The quantitative estimate of drug-likeness (QED) is 0.475. The molecule has 6 heteroatoms. The van der Waals surface area contributed by atoms with E-state index in [9.17, 15) is 0 Å². The first-order chi connectivity index (χ1) is 8.24. The van der Waals surface area contributed by atoms with E-state index in [2.05, 4.69) is 22.0 Å². The van der Waals surface area contributed by atoms with Gasteiger partial charge in [0.1, 0.15) is 16.5 Å². The van der Waals surface area contributed by atoms with Crippen molar-refractivity contribution in [3.63, 3.8) is 0 Å². The maximum absolute atomic E-state index is 6.08. The number of hydrogen-bond donors (Lipinski definition) is 0. The molecule has 2 aromatic heterocycles. The van der Waals surface area contributed by atoms with Crippen molar-refractivity contribution in [1.29, 1.82) is 0 Å². The van der Waals surface area contributed by atoms with Gasteiger partial charge in [-0.25, -0.2) is 0 Å². The Kier molecular flexibility index (Phi) is 4.23. The summed E-state index contributed by atoms with van der Waals surface area (Å²) in [4.78, 5) is 8.25. The maximum atomic E-state index is 6.08. The molecule has 0 saturated carbocycles. The van der Waals surface area contributed by atoms with Crippen LogP contribution in [0.2, 0.25) is 5.15 Å². The number of unbranched alkanes of at least 4 members (excludes halogenated alkanes) is 2. The van der Waals surface area contributed by atoms with Gasteiger partial charge in [-0.2, -0.15) is 19.6 Å². The van der Waals surface area contributed by atoms with Gasteiger partial charge < -0.3 is 0 Å². The van der Waals surface area contributed by atoms with E-state index >= 15 is 0 Å². The lowest BCUT2D eigenvalue weighted by molar-refractivity contribution is 0.774. The highest BCUT2D eigenvalue weighted by atomic mass is 35.5. The van der Waals surface area contributed by atoms with Crippen molar-refractivity contribution in [2.45, 2.75) is 38.1 Å². The first-order valence-corrected chi connectivity index (χ1v) is 7.09. The third kappa shape index (κ3) is 2.72. The Morgan fingerprint density at radius 3 is 3.00 bits per heavy atom. The van der Waals surface area contributed by atoms with Crippen LogP contribution in [0.15, 0.2) is 11.4 Å². The molecule has 0 saturated heterocycles. The summed E-state index contributed by atoms with van der Waals surface area (Å²) >= 11 is 7.86. The van der Waals surface area contributed by atoms with Gasteiger partial charge >= 0.3 is 0 Å². The van der Waals surface area contributed by atoms with Crippen molar-refractivity contribution in [2.24, 2.45) is 0 Å². The second kappa shape index (κ2) is 5.69. The highest BCUT2D eigenvalue weighted by Gasteiger charge is 2.12. The molecule has 2 aromatic rings. The molecule has 0 fully saturated rings. The van der Waals surface area contributed by atoms with Gasteiger partial charge in [-0.15, -0.1) is 11.8 Å². The van der Waals surface area contributed by atoms with E-state index in [0.29, 0.717) is 10.9 Å². The van der Waals surface area contributed by atoms with Crippen LogP contribution in [0.25, 0.3) is 5.78 Å². The fourth-order valence-corrected chi connectivity index (χ4v) is 2.89. The van der Waals surface area contributed by atoms with Crippen molar-refractivity contribution in [3.8, 4) is 0 Å². The Labute approximate surface area is 110 Å². The van der Waals surface area contributed by atoms with Crippen molar-refractivity contribution < 1.29 is 0 Å². The average Bonchev–Trinajstić information content (AvgIpc) is 2.76. The van der Waals surface area contributed by atoms with Crippen LogP contribution < -0.4 is 0 Å². The van der Waals surface area contributed by atoms with Crippen LogP contribution in [-0.4, -0.2) is 25.3 Å². The molecule has 0 N–H and O–H groups in total. The summed E-state index contributed by atoms with van der Waals surface area (Å²) in [5.41, 5.74) is 0.978. The molecule has 0 spiro atoms. The van der Waals surface area contributed by atoms with Crippen LogP contribution in [0.3, 0.4) is 0 Å². The van der Waals surface area contributed by atoms with Gasteiger partial charge in [0.2, 0.25) is 0 Å². The average molecular weight is 271 g/mol. The summed E-state index contributed by atoms with van der Waals surface area (Å²) in [5, 5.41) is 5.75. The number of fused-ring (bicyclic) bond motifs is 1. The smallest absolute Gasteiger partial charge is 0.199 e. The first kappa shape index (κ1) is 12.6. The third-order valence-corrected chi connectivity index (χ3v) is 4.15. The van der Waals surface area contributed by atoms with E-state index < -0.39 is 0 Å². The zero-order chi connectivity index (χ0) is 12.3. The topological polar surface area (TPSA) is 43.1 Å². The monoisotopic (exact) mass is 270 g/mol. The van der Waals surface area contributed by atoms with Crippen LogP contribution in [0.5, 0.6) is 0 Å². The van der Waals surface area contributed by atoms with Gasteiger partial charge in [-0.1, -0.05) is 31.4 Å². The second-order valence-corrected chi connectivity index (χ2v) is 5.30. The van der Waals surface area contributed by atoms with Gasteiger partial charge in [0, 0.05) is 5.56 Å². The molecule has 92 valence electrons. The minimum atomic E-state index is 0.517. The van der Waals surface area contributed by atoms with Gasteiger partial charge in [0.25, 0.3) is 5.78 Å². The fraction of sp³-hybridized carbons (Fsp3) is 0.545. The lowest BCUT2D eigenvalue weighted by atomic mass is 10.3. The van der Waals surface area contributed by atoms with Crippen LogP contribution >= 0.6 is 23.4 Å². The first-order valence-electron chi connectivity index (χ1n) is 5.72. The normalized spacial score (nSPS) is 11.2. The number of nitrogens with zero attached hydrogens (tertiary/aromatic N) is 4. The Balaban J connectivity index is 2.24. The van der Waals surface area contributed by atoms with E-state index in [0.717, 1.165) is 16.3 Å². The SMILES string of the molecule is CCCCCSc1c(C)c(Cl)nc2ncnn12. The molecule has 2 rings (SSSR count). The zero-order valence-electron chi connectivity index (χ0n) is 9.98. The van der Waals surface area contributed by atoms with Crippen molar-refractivity contribution in [1.82, 2.24) is 19.6 Å². The number of thioether (sulfide) groups is 1. The molecule has 0 aliphatic heterocycles. The van der Waals surface area contributed by atoms with Crippen LogP contribution in [0, 0.1) is 6.92 Å². The summed E-state index contributed by atoms with van der Waals surface area (Å²) < 4.78 is 1.76. The largest absolute Gasteiger partial charge is 0.254 e. The van der Waals surface area contributed by atoms with Crippen molar-refractivity contribution >= 4 is 29.1 Å². The molecule has 0 aliphatic rings. The van der Waals surface area contributed by atoms with E-state index in [4.69, 9.17) is 11.6 Å². The number of aromatic nitrogens is 4. The van der Waals surface area contributed by atoms with Crippen LogP contribution in [0.4, 0.5) is 0 Å². The highest BCUT2D eigenvalue weighted by Crippen LogP contribution is 2.27. The molecule has 2 heterocycles. The van der Waals surface area contributed by atoms with E-state index in [1.165, 1.54) is 25.6 Å². The standard InChI is InChI=1S/C11H15ClN4S/c1-3-4-5-6-17-10-8(2)9(12)15-11-13-7-14-16(10)11/h7H,3-6H2,1-2H3. The van der Waals surface area contributed by atoms with E-state index in [-0.39, 0.29) is 0 Å². The van der Waals surface area contributed by atoms with Crippen LogP contribution in [0.1, 0.15) is 31.7 Å².